The number of nitrogens with two attached hydrogens (primary N) is 1. The monoisotopic (exact) mass is 403 g/mol. The first-order valence-electron chi connectivity index (χ1n) is 9.59. The van der Waals surface area contributed by atoms with Crippen molar-refractivity contribution in [3.63, 3.8) is 0 Å². The number of halogens is 2. The van der Waals surface area contributed by atoms with Gasteiger partial charge < -0.3 is 10.7 Å². The molecule has 5 aromatic rings. The van der Waals surface area contributed by atoms with Crippen molar-refractivity contribution in [3.8, 4) is 11.1 Å². The van der Waals surface area contributed by atoms with Crippen LogP contribution in [0.1, 0.15) is 24.3 Å². The van der Waals surface area contributed by atoms with E-state index in [0.29, 0.717) is 33.3 Å². The zero-order valence-electron chi connectivity index (χ0n) is 15.6. The second kappa shape index (κ2) is 5.85. The first-order valence-corrected chi connectivity index (χ1v) is 9.59. The lowest BCUT2D eigenvalue weighted by Crippen LogP contribution is -2.14. The normalized spacial score (nSPS) is 14.2. The zero-order chi connectivity index (χ0) is 20.6. The highest BCUT2D eigenvalue weighted by Gasteiger charge is 2.28. The first kappa shape index (κ1) is 17.1. The van der Waals surface area contributed by atoms with Crippen LogP contribution in [0.15, 0.2) is 41.5 Å². The molecular weight excluding hydrogens is 388 g/mol. The maximum Gasteiger partial charge on any atom is 0.272 e. The molecule has 1 fully saturated rings. The molecule has 1 aliphatic rings. The smallest absolute Gasteiger partial charge is 0.272 e. The summed E-state index contributed by atoms with van der Waals surface area (Å²) in [6, 6.07) is 6.74. The van der Waals surface area contributed by atoms with Crippen LogP contribution in [0.5, 0.6) is 0 Å². The van der Waals surface area contributed by atoms with Crippen LogP contribution in [0.4, 0.5) is 14.5 Å². The second-order valence-corrected chi connectivity index (χ2v) is 7.68. The summed E-state index contributed by atoms with van der Waals surface area (Å²) in [7, 11) is 0. The molecule has 3 aromatic heterocycles. The molecule has 4 N–H and O–H groups in total. The van der Waals surface area contributed by atoms with E-state index in [1.807, 2.05) is 12.1 Å². The largest absolute Gasteiger partial charge is 0.394 e. The van der Waals surface area contributed by atoms with Gasteiger partial charge >= 0.3 is 0 Å². The van der Waals surface area contributed by atoms with Gasteiger partial charge in [0.25, 0.3) is 5.56 Å². The maximum absolute atomic E-state index is 14.4. The molecule has 6 nitrogen and oxygen atoms in total. The standard InChI is InChI=1S/C22H15F2N5O/c23-15-7-12(14-8-27-29-21(14)17(15)24)16-13-6-11(9-3-4-9)19-10(2-1-5-26-19)20(13)28-22(30)18(16)25/h1-2,5-9H,3-4,25H2,(H,27,29)(H,28,30). The van der Waals surface area contributed by atoms with E-state index in [1.54, 1.807) is 12.3 Å². The SMILES string of the molecule is Nc1c(-c2cc(F)c(F)c3[nH]ncc23)c2cc(C3CC3)c3ncccc3c2[nH]c1=O. The number of aromatic amines is 2. The number of nitrogen functional groups attached to an aromatic ring is 1. The van der Waals surface area contributed by atoms with Gasteiger partial charge in [-0.3, -0.25) is 14.9 Å². The molecule has 0 amide bonds. The number of nitrogens with zero attached hydrogens (tertiary/aromatic N) is 2. The van der Waals surface area contributed by atoms with Crippen molar-refractivity contribution >= 4 is 38.4 Å². The number of benzene rings is 2. The fourth-order valence-electron chi connectivity index (χ4n) is 4.30. The second-order valence-electron chi connectivity index (χ2n) is 7.68. The molecule has 0 bridgehead atoms. The van der Waals surface area contributed by atoms with Gasteiger partial charge in [-0.1, -0.05) is 0 Å². The minimum absolute atomic E-state index is 0.0546. The zero-order valence-corrected chi connectivity index (χ0v) is 15.6. The van der Waals surface area contributed by atoms with Gasteiger partial charge in [0.2, 0.25) is 0 Å². The molecule has 1 aliphatic carbocycles. The number of pyridine rings is 2. The quantitative estimate of drug-likeness (QED) is 0.381. The number of rotatable bonds is 2. The van der Waals surface area contributed by atoms with Crippen LogP contribution in [0.25, 0.3) is 43.8 Å². The molecule has 30 heavy (non-hydrogen) atoms. The number of anilines is 1. The molecular formula is C22H15F2N5O. The van der Waals surface area contributed by atoms with Crippen molar-refractivity contribution in [2.24, 2.45) is 0 Å². The molecule has 0 unspecified atom stereocenters. The third-order valence-corrected chi connectivity index (χ3v) is 5.86. The van der Waals surface area contributed by atoms with Gasteiger partial charge in [-0.15, -0.1) is 0 Å². The van der Waals surface area contributed by atoms with Crippen LogP contribution in [-0.2, 0) is 0 Å². The van der Waals surface area contributed by atoms with Gasteiger partial charge in [0.15, 0.2) is 11.6 Å². The summed E-state index contributed by atoms with van der Waals surface area (Å²) >= 11 is 0. The summed E-state index contributed by atoms with van der Waals surface area (Å²) in [6.07, 6.45) is 5.25. The first-order chi connectivity index (χ1) is 14.5. The van der Waals surface area contributed by atoms with E-state index in [-0.39, 0.29) is 11.2 Å². The Morgan fingerprint density at radius 2 is 1.93 bits per heavy atom. The van der Waals surface area contributed by atoms with E-state index in [9.17, 15) is 13.6 Å². The average molecular weight is 403 g/mol. The molecule has 0 atom stereocenters. The third kappa shape index (κ3) is 2.24. The maximum atomic E-state index is 14.4. The van der Waals surface area contributed by atoms with Crippen molar-refractivity contribution in [1.82, 2.24) is 20.2 Å². The van der Waals surface area contributed by atoms with Gasteiger partial charge in [-0.2, -0.15) is 5.10 Å². The molecule has 1 saturated carbocycles. The third-order valence-electron chi connectivity index (χ3n) is 5.86. The fraction of sp³-hybridized carbons (Fsp3) is 0.136. The van der Waals surface area contributed by atoms with E-state index in [0.717, 1.165) is 35.4 Å². The molecule has 0 radical (unpaired) electrons. The summed E-state index contributed by atoms with van der Waals surface area (Å²) in [6.45, 7) is 0. The van der Waals surface area contributed by atoms with Gasteiger partial charge in [0, 0.05) is 27.9 Å². The molecule has 2 aromatic carbocycles. The van der Waals surface area contributed by atoms with Crippen molar-refractivity contribution in [2.75, 3.05) is 5.73 Å². The lowest BCUT2D eigenvalue weighted by Gasteiger charge is -2.15. The lowest BCUT2D eigenvalue weighted by molar-refractivity contribution is 0.515. The van der Waals surface area contributed by atoms with Crippen LogP contribution in [0.3, 0.4) is 0 Å². The van der Waals surface area contributed by atoms with Crippen LogP contribution in [0.2, 0.25) is 0 Å². The van der Waals surface area contributed by atoms with Crippen molar-refractivity contribution < 1.29 is 8.78 Å². The van der Waals surface area contributed by atoms with E-state index < -0.39 is 17.2 Å². The number of aromatic nitrogens is 4. The Bertz CT molecular complexity index is 1570. The predicted molar refractivity (Wildman–Crippen MR) is 111 cm³/mol. The Morgan fingerprint density at radius 1 is 1.10 bits per heavy atom. The predicted octanol–water partition coefficient (Wildman–Crippen LogP) is 4.36. The van der Waals surface area contributed by atoms with E-state index in [4.69, 9.17) is 5.73 Å². The highest BCUT2D eigenvalue weighted by atomic mass is 19.2. The number of H-pyrrole nitrogens is 2. The summed E-state index contributed by atoms with van der Waals surface area (Å²) in [5, 5.41) is 8.16. The molecule has 0 aliphatic heterocycles. The Balaban J connectivity index is 1.84. The van der Waals surface area contributed by atoms with E-state index >= 15 is 0 Å². The average Bonchev–Trinajstić information content (AvgIpc) is 3.47. The number of hydrogen-bond acceptors (Lipinski definition) is 4. The number of fused-ring (bicyclic) bond motifs is 4. The Labute approximate surface area is 167 Å². The number of nitrogens with one attached hydrogen (secondary N) is 2. The Kier molecular flexibility index (Phi) is 3.33. The van der Waals surface area contributed by atoms with E-state index in [1.165, 1.54) is 6.20 Å². The fourth-order valence-corrected chi connectivity index (χ4v) is 4.30. The molecule has 0 saturated heterocycles. The molecule has 8 heteroatoms. The van der Waals surface area contributed by atoms with Crippen LogP contribution in [-0.4, -0.2) is 20.2 Å². The minimum atomic E-state index is -1.04. The van der Waals surface area contributed by atoms with Gasteiger partial charge in [0.05, 0.1) is 17.2 Å². The van der Waals surface area contributed by atoms with Crippen LogP contribution < -0.4 is 11.3 Å². The number of hydrogen-bond donors (Lipinski definition) is 3. The minimum Gasteiger partial charge on any atom is -0.394 e. The van der Waals surface area contributed by atoms with Crippen LogP contribution >= 0.6 is 0 Å². The van der Waals surface area contributed by atoms with Crippen molar-refractivity contribution in [3.05, 3.63) is 64.2 Å². The summed E-state index contributed by atoms with van der Waals surface area (Å²) < 4.78 is 28.7. The van der Waals surface area contributed by atoms with Crippen molar-refractivity contribution in [1.29, 1.82) is 0 Å². The highest BCUT2D eigenvalue weighted by Crippen LogP contribution is 2.46. The van der Waals surface area contributed by atoms with E-state index in [2.05, 4.69) is 20.2 Å². The summed E-state index contributed by atoms with van der Waals surface area (Å²) in [4.78, 5) is 20.1. The Hall–Kier alpha value is -3.81. The topological polar surface area (TPSA) is 100 Å². The van der Waals surface area contributed by atoms with Gasteiger partial charge in [-0.05, 0) is 54.2 Å². The van der Waals surface area contributed by atoms with Crippen LogP contribution in [0, 0.1) is 11.6 Å². The van der Waals surface area contributed by atoms with Gasteiger partial charge in [-0.25, -0.2) is 8.78 Å². The summed E-state index contributed by atoms with van der Waals surface area (Å²) in [5.74, 6) is -1.68. The molecule has 0 spiro atoms. The molecule has 3 heterocycles. The lowest BCUT2D eigenvalue weighted by atomic mass is 9.93. The Morgan fingerprint density at radius 3 is 2.73 bits per heavy atom. The van der Waals surface area contributed by atoms with Gasteiger partial charge in [0.1, 0.15) is 11.2 Å². The van der Waals surface area contributed by atoms with Crippen molar-refractivity contribution in [2.45, 2.75) is 18.8 Å². The highest BCUT2D eigenvalue weighted by molar-refractivity contribution is 6.15. The molecule has 6 rings (SSSR count). The summed E-state index contributed by atoms with van der Waals surface area (Å²) in [5.41, 5.74) is 8.74. The molecule has 148 valence electrons.